The van der Waals surface area contributed by atoms with Crippen molar-refractivity contribution in [2.24, 2.45) is 0 Å². The Labute approximate surface area is 169 Å². The number of benzene rings is 2. The Morgan fingerprint density at radius 1 is 0.931 bits per heavy atom. The van der Waals surface area contributed by atoms with Gasteiger partial charge < -0.3 is 16.0 Å². The quantitative estimate of drug-likeness (QED) is 0.614. The second-order valence-corrected chi connectivity index (χ2v) is 6.74. The third-order valence-corrected chi connectivity index (χ3v) is 4.41. The van der Waals surface area contributed by atoms with Crippen molar-refractivity contribution in [1.82, 2.24) is 9.97 Å². The fourth-order valence-corrected chi connectivity index (χ4v) is 2.84. The number of carbonyl (C=O) groups is 2. The molecule has 3 aromatic rings. The van der Waals surface area contributed by atoms with E-state index in [0.717, 1.165) is 11.1 Å². The SMILES string of the molecule is CNc1nc(C)ncc1C(=O)Nc1cc(NC(=O)c2cccc(C)c2)ccc1C. The lowest BCUT2D eigenvalue weighted by Crippen LogP contribution is -2.17. The van der Waals surface area contributed by atoms with Gasteiger partial charge in [-0.25, -0.2) is 9.97 Å². The minimum absolute atomic E-state index is 0.209. The van der Waals surface area contributed by atoms with Gasteiger partial charge in [0.25, 0.3) is 11.8 Å². The summed E-state index contributed by atoms with van der Waals surface area (Å²) in [5.74, 6) is 0.485. The summed E-state index contributed by atoms with van der Waals surface area (Å²) in [5.41, 5.74) is 3.98. The summed E-state index contributed by atoms with van der Waals surface area (Å²) < 4.78 is 0. The minimum Gasteiger partial charge on any atom is -0.372 e. The van der Waals surface area contributed by atoms with Gasteiger partial charge in [-0.1, -0.05) is 23.8 Å². The lowest BCUT2D eigenvalue weighted by Gasteiger charge is -2.13. The van der Waals surface area contributed by atoms with Crippen LogP contribution in [0.2, 0.25) is 0 Å². The van der Waals surface area contributed by atoms with E-state index in [4.69, 9.17) is 0 Å². The van der Waals surface area contributed by atoms with Gasteiger partial charge in [-0.3, -0.25) is 9.59 Å². The molecule has 7 nitrogen and oxygen atoms in total. The molecule has 0 aliphatic carbocycles. The van der Waals surface area contributed by atoms with Crippen LogP contribution in [0.25, 0.3) is 0 Å². The Kier molecular flexibility index (Phi) is 5.87. The molecule has 29 heavy (non-hydrogen) atoms. The van der Waals surface area contributed by atoms with E-state index in [1.54, 1.807) is 32.2 Å². The van der Waals surface area contributed by atoms with Crippen molar-refractivity contribution in [1.29, 1.82) is 0 Å². The standard InChI is InChI=1S/C22H23N5O2/c1-13-6-5-7-16(10-13)21(28)26-17-9-8-14(2)19(11-17)27-22(29)18-12-24-15(3)25-20(18)23-4/h5-12H,1-4H3,(H,26,28)(H,27,29)(H,23,24,25). The van der Waals surface area contributed by atoms with Gasteiger partial charge >= 0.3 is 0 Å². The van der Waals surface area contributed by atoms with Crippen LogP contribution in [0, 0.1) is 20.8 Å². The van der Waals surface area contributed by atoms with Gasteiger partial charge in [0.1, 0.15) is 17.2 Å². The smallest absolute Gasteiger partial charge is 0.261 e. The van der Waals surface area contributed by atoms with Crippen molar-refractivity contribution < 1.29 is 9.59 Å². The molecule has 0 spiro atoms. The molecule has 7 heteroatoms. The first-order valence-corrected chi connectivity index (χ1v) is 9.19. The zero-order valence-corrected chi connectivity index (χ0v) is 16.8. The Hall–Kier alpha value is -3.74. The summed E-state index contributed by atoms with van der Waals surface area (Å²) >= 11 is 0. The van der Waals surface area contributed by atoms with Crippen LogP contribution in [0.1, 0.15) is 37.7 Å². The lowest BCUT2D eigenvalue weighted by molar-refractivity contribution is 0.101. The Morgan fingerprint density at radius 3 is 2.45 bits per heavy atom. The fourth-order valence-electron chi connectivity index (χ4n) is 2.84. The molecule has 0 unspecified atom stereocenters. The van der Waals surface area contributed by atoms with Crippen molar-refractivity contribution in [3.05, 3.63) is 76.7 Å². The van der Waals surface area contributed by atoms with Crippen molar-refractivity contribution in [3.63, 3.8) is 0 Å². The molecular formula is C22H23N5O2. The second-order valence-electron chi connectivity index (χ2n) is 6.74. The Bertz CT molecular complexity index is 1080. The number of carbonyl (C=O) groups excluding carboxylic acids is 2. The highest BCUT2D eigenvalue weighted by Gasteiger charge is 2.15. The van der Waals surface area contributed by atoms with Crippen LogP contribution in [-0.4, -0.2) is 28.8 Å². The monoisotopic (exact) mass is 389 g/mol. The Balaban J connectivity index is 1.80. The number of anilines is 3. The van der Waals surface area contributed by atoms with E-state index < -0.39 is 0 Å². The first-order valence-electron chi connectivity index (χ1n) is 9.19. The van der Waals surface area contributed by atoms with E-state index in [2.05, 4.69) is 25.9 Å². The normalized spacial score (nSPS) is 10.3. The van der Waals surface area contributed by atoms with Crippen LogP contribution in [0.4, 0.5) is 17.2 Å². The van der Waals surface area contributed by atoms with Gasteiger partial charge in [0.05, 0.1) is 0 Å². The van der Waals surface area contributed by atoms with E-state index in [9.17, 15) is 9.59 Å². The molecular weight excluding hydrogens is 366 g/mol. The summed E-state index contributed by atoms with van der Waals surface area (Å²) in [6.45, 7) is 5.57. The molecule has 2 aromatic carbocycles. The molecule has 0 aliphatic heterocycles. The first-order chi connectivity index (χ1) is 13.9. The molecule has 0 aliphatic rings. The van der Waals surface area contributed by atoms with Crippen molar-refractivity contribution >= 4 is 29.0 Å². The topological polar surface area (TPSA) is 96.0 Å². The van der Waals surface area contributed by atoms with Crippen molar-refractivity contribution in [2.75, 3.05) is 23.0 Å². The van der Waals surface area contributed by atoms with E-state index >= 15 is 0 Å². The van der Waals surface area contributed by atoms with Crippen LogP contribution in [0.3, 0.4) is 0 Å². The van der Waals surface area contributed by atoms with Crippen LogP contribution < -0.4 is 16.0 Å². The molecule has 0 radical (unpaired) electrons. The third kappa shape index (κ3) is 4.76. The van der Waals surface area contributed by atoms with Crippen molar-refractivity contribution in [2.45, 2.75) is 20.8 Å². The van der Waals surface area contributed by atoms with E-state index in [1.807, 2.05) is 38.1 Å². The van der Waals surface area contributed by atoms with Gasteiger partial charge in [-0.15, -0.1) is 0 Å². The molecule has 0 saturated heterocycles. The molecule has 2 amide bonds. The highest BCUT2D eigenvalue weighted by atomic mass is 16.2. The zero-order chi connectivity index (χ0) is 21.0. The molecule has 0 fully saturated rings. The summed E-state index contributed by atoms with van der Waals surface area (Å²) in [6, 6.07) is 12.7. The lowest BCUT2D eigenvalue weighted by atomic mass is 10.1. The number of rotatable bonds is 5. The molecule has 0 saturated carbocycles. The van der Waals surface area contributed by atoms with E-state index in [-0.39, 0.29) is 11.8 Å². The third-order valence-electron chi connectivity index (χ3n) is 4.41. The van der Waals surface area contributed by atoms with Gasteiger partial charge in [0.2, 0.25) is 0 Å². The van der Waals surface area contributed by atoms with Gasteiger partial charge in [-0.2, -0.15) is 0 Å². The molecule has 3 rings (SSSR count). The highest BCUT2D eigenvalue weighted by Crippen LogP contribution is 2.23. The number of aryl methyl sites for hydroxylation is 3. The number of hydrogen-bond donors (Lipinski definition) is 3. The van der Waals surface area contributed by atoms with E-state index in [1.165, 1.54) is 6.20 Å². The number of amides is 2. The largest absolute Gasteiger partial charge is 0.372 e. The minimum atomic E-state index is -0.334. The number of aromatic nitrogens is 2. The van der Waals surface area contributed by atoms with Crippen LogP contribution in [0.5, 0.6) is 0 Å². The molecule has 0 atom stereocenters. The maximum atomic E-state index is 12.7. The van der Waals surface area contributed by atoms with Gasteiger partial charge in [0.15, 0.2) is 0 Å². The second kappa shape index (κ2) is 8.52. The van der Waals surface area contributed by atoms with E-state index in [0.29, 0.717) is 34.1 Å². The summed E-state index contributed by atoms with van der Waals surface area (Å²) in [6.07, 6.45) is 1.49. The van der Waals surface area contributed by atoms with Gasteiger partial charge in [0, 0.05) is 30.2 Å². The molecule has 3 N–H and O–H groups in total. The molecule has 1 heterocycles. The predicted molar refractivity (Wildman–Crippen MR) is 115 cm³/mol. The summed E-state index contributed by atoms with van der Waals surface area (Å²) in [7, 11) is 1.70. The van der Waals surface area contributed by atoms with Crippen LogP contribution >= 0.6 is 0 Å². The summed E-state index contributed by atoms with van der Waals surface area (Å²) in [4.78, 5) is 33.6. The van der Waals surface area contributed by atoms with Crippen molar-refractivity contribution in [3.8, 4) is 0 Å². The average Bonchev–Trinajstić information content (AvgIpc) is 2.70. The maximum absolute atomic E-state index is 12.7. The molecule has 0 bridgehead atoms. The number of nitrogens with one attached hydrogen (secondary N) is 3. The predicted octanol–water partition coefficient (Wildman–Crippen LogP) is 3.95. The highest BCUT2D eigenvalue weighted by molar-refractivity contribution is 6.08. The molecule has 148 valence electrons. The maximum Gasteiger partial charge on any atom is 0.261 e. The Morgan fingerprint density at radius 2 is 1.72 bits per heavy atom. The molecule has 1 aromatic heterocycles. The van der Waals surface area contributed by atoms with Gasteiger partial charge in [-0.05, 0) is 50.6 Å². The fraction of sp³-hybridized carbons (Fsp3) is 0.182. The first kappa shape index (κ1) is 20.0. The number of nitrogens with zero attached hydrogens (tertiary/aromatic N) is 2. The van der Waals surface area contributed by atoms with Crippen LogP contribution in [-0.2, 0) is 0 Å². The average molecular weight is 389 g/mol. The van der Waals surface area contributed by atoms with Crippen LogP contribution in [0.15, 0.2) is 48.7 Å². The summed E-state index contributed by atoms with van der Waals surface area (Å²) in [5, 5.41) is 8.65. The zero-order valence-electron chi connectivity index (χ0n) is 16.8. The number of hydrogen-bond acceptors (Lipinski definition) is 5.